The van der Waals surface area contributed by atoms with E-state index in [1.165, 1.54) is 11.1 Å². The van der Waals surface area contributed by atoms with Crippen molar-refractivity contribution in [3.63, 3.8) is 0 Å². The second kappa shape index (κ2) is 5.36. The number of carbonyl (C=O) groups excluding carboxylic acids is 1. The maximum absolute atomic E-state index is 13.0. The molecule has 0 aliphatic carbocycles. The Morgan fingerprint density at radius 1 is 1.05 bits per heavy atom. The number of hydrogen-bond donors (Lipinski definition) is 0. The van der Waals surface area contributed by atoms with Gasteiger partial charge in [0.25, 0.3) is 5.91 Å². The highest BCUT2D eigenvalue weighted by atomic mass is 16.2. The zero-order chi connectivity index (χ0) is 15.0. The van der Waals surface area contributed by atoms with Gasteiger partial charge in [-0.2, -0.15) is 0 Å². The molecule has 1 aliphatic heterocycles. The van der Waals surface area contributed by atoms with Crippen molar-refractivity contribution < 1.29 is 4.79 Å². The van der Waals surface area contributed by atoms with E-state index in [4.69, 9.17) is 0 Å². The smallest absolute Gasteiger partial charge is 0.258 e. The van der Waals surface area contributed by atoms with E-state index in [2.05, 4.69) is 39.0 Å². The van der Waals surface area contributed by atoms with Crippen molar-refractivity contribution in [3.8, 4) is 0 Å². The van der Waals surface area contributed by atoms with Crippen LogP contribution in [0.3, 0.4) is 0 Å². The molecular weight excluding hydrogens is 258 g/mol. The van der Waals surface area contributed by atoms with E-state index >= 15 is 0 Å². The topological polar surface area (TPSA) is 20.3 Å². The number of hydrogen-bond acceptors (Lipinski definition) is 1. The SMILES string of the molecule is Cc1cccc2c1N(C(=O)c1ccccc1)C(C)CC2C. The summed E-state index contributed by atoms with van der Waals surface area (Å²) in [4.78, 5) is 14.9. The lowest BCUT2D eigenvalue weighted by Gasteiger charge is -2.39. The van der Waals surface area contributed by atoms with Gasteiger partial charge in [0.1, 0.15) is 0 Å². The minimum Gasteiger partial charge on any atom is -0.305 e. The third kappa shape index (κ3) is 2.35. The van der Waals surface area contributed by atoms with E-state index in [1.54, 1.807) is 0 Å². The normalized spacial score (nSPS) is 21.0. The van der Waals surface area contributed by atoms with Crippen molar-refractivity contribution in [1.29, 1.82) is 0 Å². The minimum atomic E-state index is 0.102. The van der Waals surface area contributed by atoms with Crippen LogP contribution in [0.4, 0.5) is 5.69 Å². The highest BCUT2D eigenvalue weighted by molar-refractivity contribution is 6.07. The Labute approximate surface area is 126 Å². The highest BCUT2D eigenvalue weighted by Gasteiger charge is 2.33. The predicted octanol–water partition coefficient (Wildman–Crippen LogP) is 4.54. The fourth-order valence-electron chi connectivity index (χ4n) is 3.39. The molecule has 108 valence electrons. The molecule has 1 amide bonds. The molecule has 2 heteroatoms. The number of fused-ring (bicyclic) bond motifs is 1. The molecule has 0 saturated carbocycles. The first kappa shape index (κ1) is 13.9. The summed E-state index contributed by atoms with van der Waals surface area (Å²) in [6.45, 7) is 6.49. The number of para-hydroxylation sites is 1. The molecule has 2 unspecified atom stereocenters. The monoisotopic (exact) mass is 279 g/mol. The first-order valence-electron chi connectivity index (χ1n) is 7.57. The van der Waals surface area contributed by atoms with Crippen molar-refractivity contribution >= 4 is 11.6 Å². The van der Waals surface area contributed by atoms with E-state index in [-0.39, 0.29) is 11.9 Å². The lowest BCUT2D eigenvalue weighted by molar-refractivity contribution is 0.0974. The Hall–Kier alpha value is -2.09. The molecule has 3 rings (SSSR count). The second-order valence-corrected chi connectivity index (χ2v) is 6.04. The van der Waals surface area contributed by atoms with Crippen molar-refractivity contribution in [2.75, 3.05) is 4.90 Å². The first-order chi connectivity index (χ1) is 10.1. The number of benzene rings is 2. The Balaban J connectivity index is 2.11. The largest absolute Gasteiger partial charge is 0.305 e. The second-order valence-electron chi connectivity index (χ2n) is 6.04. The molecule has 1 heterocycles. The average Bonchev–Trinajstić information content (AvgIpc) is 2.49. The van der Waals surface area contributed by atoms with E-state index < -0.39 is 0 Å². The van der Waals surface area contributed by atoms with Gasteiger partial charge in [0.2, 0.25) is 0 Å². The van der Waals surface area contributed by atoms with Crippen LogP contribution in [0.2, 0.25) is 0 Å². The van der Waals surface area contributed by atoms with Crippen LogP contribution in [-0.2, 0) is 0 Å². The standard InChI is InChI=1S/C19H21NO/c1-13-8-7-11-17-14(2)12-15(3)20(18(13)17)19(21)16-9-5-4-6-10-16/h4-11,14-15H,12H2,1-3H3. The molecule has 0 bridgehead atoms. The molecule has 2 aromatic carbocycles. The van der Waals surface area contributed by atoms with Gasteiger partial charge in [-0.05, 0) is 49.4 Å². The summed E-state index contributed by atoms with van der Waals surface area (Å²) < 4.78 is 0. The summed E-state index contributed by atoms with van der Waals surface area (Å²) in [5.41, 5.74) is 4.33. The summed E-state index contributed by atoms with van der Waals surface area (Å²) in [5.74, 6) is 0.597. The van der Waals surface area contributed by atoms with Crippen LogP contribution in [0.1, 0.15) is 47.7 Å². The Kier molecular flexibility index (Phi) is 3.54. The average molecular weight is 279 g/mol. The van der Waals surface area contributed by atoms with E-state index in [9.17, 15) is 4.79 Å². The quantitative estimate of drug-likeness (QED) is 0.750. The summed E-state index contributed by atoms with van der Waals surface area (Å²) >= 11 is 0. The number of amides is 1. The third-order valence-corrected chi connectivity index (χ3v) is 4.42. The minimum absolute atomic E-state index is 0.102. The molecular formula is C19H21NO. The molecule has 0 N–H and O–H groups in total. The fraction of sp³-hybridized carbons (Fsp3) is 0.316. The summed E-state index contributed by atoms with van der Waals surface area (Å²) in [6.07, 6.45) is 1.01. The van der Waals surface area contributed by atoms with E-state index in [1.807, 2.05) is 35.2 Å². The van der Waals surface area contributed by atoms with Gasteiger partial charge in [0.05, 0.1) is 5.69 Å². The van der Waals surface area contributed by atoms with Gasteiger partial charge in [0.15, 0.2) is 0 Å². The third-order valence-electron chi connectivity index (χ3n) is 4.42. The number of carbonyl (C=O) groups is 1. The maximum atomic E-state index is 13.0. The van der Waals surface area contributed by atoms with E-state index in [0.717, 1.165) is 17.7 Å². The number of nitrogens with zero attached hydrogens (tertiary/aromatic N) is 1. The van der Waals surface area contributed by atoms with Gasteiger partial charge in [-0.3, -0.25) is 4.79 Å². The number of rotatable bonds is 1. The molecule has 0 saturated heterocycles. The van der Waals surface area contributed by atoms with E-state index in [0.29, 0.717) is 5.92 Å². The number of aryl methyl sites for hydroxylation is 1. The van der Waals surface area contributed by atoms with Gasteiger partial charge in [-0.15, -0.1) is 0 Å². The first-order valence-corrected chi connectivity index (χ1v) is 7.57. The molecule has 0 spiro atoms. The van der Waals surface area contributed by atoms with Crippen LogP contribution in [0.5, 0.6) is 0 Å². The van der Waals surface area contributed by atoms with Crippen LogP contribution in [0.15, 0.2) is 48.5 Å². The molecule has 0 radical (unpaired) electrons. The lowest BCUT2D eigenvalue weighted by Crippen LogP contribution is -2.43. The van der Waals surface area contributed by atoms with Gasteiger partial charge in [-0.25, -0.2) is 0 Å². The molecule has 2 aromatic rings. The molecule has 21 heavy (non-hydrogen) atoms. The molecule has 2 atom stereocenters. The zero-order valence-electron chi connectivity index (χ0n) is 12.8. The Morgan fingerprint density at radius 2 is 1.76 bits per heavy atom. The molecule has 0 fully saturated rings. The van der Waals surface area contributed by atoms with Crippen molar-refractivity contribution in [1.82, 2.24) is 0 Å². The summed E-state index contributed by atoms with van der Waals surface area (Å²) in [6, 6.07) is 16.1. The van der Waals surface area contributed by atoms with Gasteiger partial charge in [-0.1, -0.05) is 43.3 Å². The molecule has 1 aliphatic rings. The van der Waals surface area contributed by atoms with Crippen LogP contribution in [0, 0.1) is 6.92 Å². The summed E-state index contributed by atoms with van der Waals surface area (Å²) in [5, 5.41) is 0. The highest BCUT2D eigenvalue weighted by Crippen LogP contribution is 2.40. The van der Waals surface area contributed by atoms with Gasteiger partial charge < -0.3 is 4.90 Å². The van der Waals surface area contributed by atoms with Crippen LogP contribution >= 0.6 is 0 Å². The van der Waals surface area contributed by atoms with Crippen LogP contribution in [-0.4, -0.2) is 11.9 Å². The molecule has 0 aromatic heterocycles. The van der Waals surface area contributed by atoms with Gasteiger partial charge in [0, 0.05) is 11.6 Å². The van der Waals surface area contributed by atoms with Gasteiger partial charge >= 0.3 is 0 Å². The van der Waals surface area contributed by atoms with Crippen LogP contribution < -0.4 is 4.90 Å². The fourth-order valence-corrected chi connectivity index (χ4v) is 3.39. The number of anilines is 1. The van der Waals surface area contributed by atoms with Crippen LogP contribution in [0.25, 0.3) is 0 Å². The summed E-state index contributed by atoms with van der Waals surface area (Å²) in [7, 11) is 0. The van der Waals surface area contributed by atoms with Crippen molar-refractivity contribution in [2.45, 2.75) is 39.2 Å². The Bertz CT molecular complexity index is 663. The predicted molar refractivity (Wildman–Crippen MR) is 86.9 cm³/mol. The maximum Gasteiger partial charge on any atom is 0.258 e. The molecule has 2 nitrogen and oxygen atoms in total. The van der Waals surface area contributed by atoms with Crippen molar-refractivity contribution in [3.05, 3.63) is 65.2 Å². The zero-order valence-corrected chi connectivity index (χ0v) is 12.8. The van der Waals surface area contributed by atoms with Crippen molar-refractivity contribution in [2.24, 2.45) is 0 Å². The lowest BCUT2D eigenvalue weighted by atomic mass is 9.85. The Morgan fingerprint density at radius 3 is 2.48 bits per heavy atom.